The van der Waals surface area contributed by atoms with E-state index >= 15 is 0 Å². The predicted molar refractivity (Wildman–Crippen MR) is 109 cm³/mol. The molecule has 0 saturated heterocycles. The monoisotopic (exact) mass is 402 g/mol. The summed E-state index contributed by atoms with van der Waals surface area (Å²) in [5, 5.41) is 5.87. The van der Waals surface area contributed by atoms with E-state index in [9.17, 15) is 9.59 Å². The van der Waals surface area contributed by atoms with Crippen LogP contribution in [0.5, 0.6) is 0 Å². The van der Waals surface area contributed by atoms with E-state index in [0.29, 0.717) is 36.0 Å². The van der Waals surface area contributed by atoms with Crippen molar-refractivity contribution in [2.75, 3.05) is 17.2 Å². The van der Waals surface area contributed by atoms with E-state index in [4.69, 9.17) is 16.3 Å². The molecule has 1 aliphatic heterocycles. The molecule has 2 aromatic rings. The topological polar surface area (TPSA) is 83.6 Å². The smallest absolute Gasteiger partial charge is 0.410 e. The number of nitrogens with one attached hydrogen (secondary N) is 2. The fourth-order valence-electron chi connectivity index (χ4n) is 2.86. The van der Waals surface area contributed by atoms with Gasteiger partial charge < -0.3 is 20.3 Å². The molecule has 148 valence electrons. The molecule has 0 radical (unpaired) electrons. The fraction of sp³-hybridized carbons (Fsp3) is 0.350. The number of benzene rings is 1. The van der Waals surface area contributed by atoms with Crippen LogP contribution >= 0.6 is 11.6 Å². The molecule has 7 nitrogen and oxygen atoms in total. The third-order valence-electron chi connectivity index (χ3n) is 4.11. The Hall–Kier alpha value is -2.80. The number of anilines is 2. The van der Waals surface area contributed by atoms with Gasteiger partial charge in [0, 0.05) is 18.8 Å². The molecule has 8 heteroatoms. The molecule has 3 rings (SSSR count). The van der Waals surface area contributed by atoms with Gasteiger partial charge in [0.05, 0.1) is 11.9 Å². The van der Waals surface area contributed by atoms with Crippen LogP contribution < -0.4 is 10.6 Å². The molecule has 0 atom stereocenters. The summed E-state index contributed by atoms with van der Waals surface area (Å²) in [5.74, 6) is 0. The van der Waals surface area contributed by atoms with Crippen LogP contribution in [0.1, 0.15) is 31.9 Å². The number of nitrogens with zero attached hydrogens (tertiary/aromatic N) is 2. The highest BCUT2D eigenvalue weighted by Gasteiger charge is 2.25. The van der Waals surface area contributed by atoms with Crippen LogP contribution in [-0.4, -0.2) is 34.2 Å². The Labute approximate surface area is 169 Å². The van der Waals surface area contributed by atoms with E-state index < -0.39 is 5.60 Å². The summed E-state index contributed by atoms with van der Waals surface area (Å²) in [7, 11) is 0. The summed E-state index contributed by atoms with van der Waals surface area (Å²) < 4.78 is 5.44. The van der Waals surface area contributed by atoms with Gasteiger partial charge in [-0.1, -0.05) is 17.7 Å². The van der Waals surface area contributed by atoms with Crippen molar-refractivity contribution in [3.05, 3.63) is 52.8 Å². The van der Waals surface area contributed by atoms with Crippen LogP contribution in [-0.2, 0) is 17.7 Å². The Morgan fingerprint density at radius 1 is 1.11 bits per heavy atom. The lowest BCUT2D eigenvalue weighted by molar-refractivity contribution is 0.0224. The van der Waals surface area contributed by atoms with Gasteiger partial charge in [-0.15, -0.1) is 0 Å². The average Bonchev–Trinajstić information content (AvgIpc) is 2.61. The highest BCUT2D eigenvalue weighted by Crippen LogP contribution is 2.24. The van der Waals surface area contributed by atoms with Crippen molar-refractivity contribution in [2.24, 2.45) is 0 Å². The van der Waals surface area contributed by atoms with E-state index in [1.165, 1.54) is 6.20 Å². The Bertz CT molecular complexity index is 878. The van der Waals surface area contributed by atoms with E-state index in [2.05, 4.69) is 15.6 Å². The Morgan fingerprint density at radius 2 is 1.82 bits per heavy atom. The van der Waals surface area contributed by atoms with E-state index in [0.717, 1.165) is 11.1 Å². The van der Waals surface area contributed by atoms with Crippen molar-refractivity contribution in [3.8, 4) is 0 Å². The molecule has 3 amide bonds. The lowest BCUT2D eigenvalue weighted by Gasteiger charge is -2.31. The quantitative estimate of drug-likeness (QED) is 0.715. The molecule has 2 N–H and O–H groups in total. The first-order valence-electron chi connectivity index (χ1n) is 8.99. The fourth-order valence-corrected chi connectivity index (χ4v) is 2.97. The van der Waals surface area contributed by atoms with Crippen molar-refractivity contribution >= 4 is 35.1 Å². The first-order valence-corrected chi connectivity index (χ1v) is 9.37. The van der Waals surface area contributed by atoms with Gasteiger partial charge in [-0.3, -0.25) is 0 Å². The average molecular weight is 403 g/mol. The first-order chi connectivity index (χ1) is 13.2. The second kappa shape index (κ2) is 8.06. The number of rotatable bonds is 2. The highest BCUT2D eigenvalue weighted by atomic mass is 35.5. The van der Waals surface area contributed by atoms with E-state index in [1.807, 2.05) is 39.0 Å². The maximum Gasteiger partial charge on any atom is 0.410 e. The standard InChI is InChI=1S/C20H23ClN4O3/c1-20(2,3)28-19(27)25-9-8-13-10-15(5-4-14(13)12-25)23-18(26)24-16-6-7-17(21)22-11-16/h4-7,10-11H,8-9,12H2,1-3H3,(H2,23,24,26). The largest absolute Gasteiger partial charge is 0.444 e. The second-order valence-electron chi connectivity index (χ2n) is 7.58. The number of halogens is 1. The number of carbonyl (C=O) groups excluding carboxylic acids is 2. The normalized spacial score (nSPS) is 13.5. The van der Waals surface area contributed by atoms with Gasteiger partial charge in [-0.05, 0) is 62.6 Å². The summed E-state index contributed by atoms with van der Waals surface area (Å²) >= 11 is 5.73. The van der Waals surface area contributed by atoms with Crippen molar-refractivity contribution in [3.63, 3.8) is 0 Å². The Balaban J connectivity index is 1.61. The van der Waals surface area contributed by atoms with Crippen molar-refractivity contribution in [1.29, 1.82) is 0 Å². The summed E-state index contributed by atoms with van der Waals surface area (Å²) in [6.45, 7) is 6.63. The third-order valence-corrected chi connectivity index (χ3v) is 4.34. The van der Waals surface area contributed by atoms with Gasteiger partial charge in [-0.2, -0.15) is 0 Å². The van der Waals surface area contributed by atoms with Crippen LogP contribution in [0.25, 0.3) is 0 Å². The molecule has 0 bridgehead atoms. The maximum absolute atomic E-state index is 12.3. The highest BCUT2D eigenvalue weighted by molar-refractivity contribution is 6.29. The van der Waals surface area contributed by atoms with Crippen molar-refractivity contribution in [1.82, 2.24) is 9.88 Å². The molecule has 0 aliphatic carbocycles. The van der Waals surface area contributed by atoms with Crippen LogP contribution in [0.4, 0.5) is 21.0 Å². The second-order valence-corrected chi connectivity index (χ2v) is 7.97. The zero-order valence-electron chi connectivity index (χ0n) is 16.1. The molecule has 1 aromatic heterocycles. The van der Waals surface area contributed by atoms with Crippen LogP contribution in [0.3, 0.4) is 0 Å². The van der Waals surface area contributed by atoms with Crippen LogP contribution in [0.15, 0.2) is 36.5 Å². The number of amides is 3. The Kier molecular flexibility index (Phi) is 5.74. The number of pyridine rings is 1. The summed E-state index contributed by atoms with van der Waals surface area (Å²) in [6.07, 6.45) is 1.88. The SMILES string of the molecule is CC(C)(C)OC(=O)N1CCc2cc(NC(=O)Nc3ccc(Cl)nc3)ccc2C1. The van der Waals surface area contributed by atoms with Gasteiger partial charge in [0.2, 0.25) is 0 Å². The molecule has 1 aromatic carbocycles. The first kappa shape index (κ1) is 19.9. The lowest BCUT2D eigenvalue weighted by atomic mass is 9.99. The minimum absolute atomic E-state index is 0.309. The van der Waals surface area contributed by atoms with Crippen molar-refractivity contribution in [2.45, 2.75) is 39.3 Å². The number of urea groups is 1. The van der Waals surface area contributed by atoms with Gasteiger partial charge in [-0.25, -0.2) is 14.6 Å². The van der Waals surface area contributed by atoms with E-state index in [-0.39, 0.29) is 12.1 Å². The predicted octanol–water partition coefficient (Wildman–Crippen LogP) is 4.67. The summed E-state index contributed by atoms with van der Waals surface area (Å²) in [6, 6.07) is 8.58. The molecule has 1 aliphatic rings. The molecule has 0 unspecified atom stereocenters. The molecule has 2 heterocycles. The zero-order valence-corrected chi connectivity index (χ0v) is 16.8. The number of fused-ring (bicyclic) bond motifs is 1. The molecular formula is C20H23ClN4O3. The minimum atomic E-state index is -0.516. The summed E-state index contributed by atoms with van der Waals surface area (Å²) in [5.41, 5.74) is 2.87. The minimum Gasteiger partial charge on any atom is -0.444 e. The lowest BCUT2D eigenvalue weighted by Crippen LogP contribution is -2.39. The van der Waals surface area contributed by atoms with Crippen LogP contribution in [0, 0.1) is 0 Å². The maximum atomic E-state index is 12.3. The molecule has 28 heavy (non-hydrogen) atoms. The zero-order chi connectivity index (χ0) is 20.3. The molecular weight excluding hydrogens is 380 g/mol. The van der Waals surface area contributed by atoms with Gasteiger partial charge in [0.1, 0.15) is 10.8 Å². The van der Waals surface area contributed by atoms with Crippen LogP contribution in [0.2, 0.25) is 5.15 Å². The van der Waals surface area contributed by atoms with Gasteiger partial charge >= 0.3 is 12.1 Å². The number of hydrogen-bond acceptors (Lipinski definition) is 4. The number of ether oxygens (including phenoxy) is 1. The van der Waals surface area contributed by atoms with Gasteiger partial charge in [0.15, 0.2) is 0 Å². The molecule has 0 saturated carbocycles. The number of aromatic nitrogens is 1. The number of hydrogen-bond donors (Lipinski definition) is 2. The van der Waals surface area contributed by atoms with Gasteiger partial charge in [0.25, 0.3) is 0 Å². The summed E-state index contributed by atoms with van der Waals surface area (Å²) in [4.78, 5) is 30.0. The van der Waals surface area contributed by atoms with Crippen molar-refractivity contribution < 1.29 is 14.3 Å². The molecule has 0 fully saturated rings. The third kappa shape index (κ3) is 5.36. The Morgan fingerprint density at radius 3 is 2.50 bits per heavy atom. The van der Waals surface area contributed by atoms with E-state index in [1.54, 1.807) is 17.0 Å². The number of carbonyl (C=O) groups is 2. The molecule has 0 spiro atoms.